The van der Waals surface area contributed by atoms with Crippen molar-refractivity contribution in [2.45, 2.75) is 6.54 Å². The lowest BCUT2D eigenvalue weighted by Gasteiger charge is -1.93. The maximum Gasteiger partial charge on any atom is 0.243 e. The van der Waals surface area contributed by atoms with Crippen LogP contribution in [0.1, 0.15) is 5.56 Å². The van der Waals surface area contributed by atoms with Gasteiger partial charge in [0.05, 0.1) is 5.56 Å². The Bertz CT molecular complexity index is 262. The first-order chi connectivity index (χ1) is 4.84. The first-order valence-electron chi connectivity index (χ1n) is 2.94. The lowest BCUT2D eigenvalue weighted by atomic mass is 10.2. The average molecular weight is 133 g/mol. The van der Waals surface area contributed by atoms with Crippen molar-refractivity contribution in [2.75, 3.05) is 0 Å². The van der Waals surface area contributed by atoms with Gasteiger partial charge in [0.1, 0.15) is 5.75 Å². The predicted octanol–water partition coefficient (Wildman–Crippen LogP) is 1.81. The molecule has 1 aromatic carbocycles. The van der Waals surface area contributed by atoms with Crippen LogP contribution in [0.25, 0.3) is 4.85 Å². The Morgan fingerprint density at radius 1 is 1.40 bits per heavy atom. The number of para-hydroxylation sites is 1. The van der Waals surface area contributed by atoms with Crippen LogP contribution >= 0.6 is 0 Å². The molecule has 1 N–H and O–H groups in total. The molecule has 10 heavy (non-hydrogen) atoms. The molecule has 0 atom stereocenters. The van der Waals surface area contributed by atoms with Gasteiger partial charge in [-0.2, -0.15) is 0 Å². The van der Waals surface area contributed by atoms with Crippen LogP contribution in [-0.2, 0) is 6.54 Å². The van der Waals surface area contributed by atoms with E-state index in [1.807, 2.05) is 0 Å². The van der Waals surface area contributed by atoms with E-state index >= 15 is 0 Å². The van der Waals surface area contributed by atoms with Gasteiger partial charge in [0.25, 0.3) is 0 Å². The Balaban J connectivity index is 2.94. The normalized spacial score (nSPS) is 8.70. The van der Waals surface area contributed by atoms with E-state index < -0.39 is 0 Å². The highest BCUT2D eigenvalue weighted by Gasteiger charge is 1.98. The van der Waals surface area contributed by atoms with E-state index in [-0.39, 0.29) is 12.3 Å². The van der Waals surface area contributed by atoms with Gasteiger partial charge in [0.15, 0.2) is 0 Å². The summed E-state index contributed by atoms with van der Waals surface area (Å²) < 4.78 is 0. The summed E-state index contributed by atoms with van der Waals surface area (Å²) in [5.41, 5.74) is 0.692. The van der Waals surface area contributed by atoms with Gasteiger partial charge in [-0.3, -0.25) is 0 Å². The van der Waals surface area contributed by atoms with E-state index in [2.05, 4.69) is 4.85 Å². The summed E-state index contributed by atoms with van der Waals surface area (Å²) in [5.74, 6) is 0.207. The summed E-state index contributed by atoms with van der Waals surface area (Å²) in [6.07, 6.45) is 0. The standard InChI is InChI=1S/C8H7NO/c1-9-6-7-4-2-3-5-8(7)10/h2-5,10H,6H2. The fraction of sp³-hybridized carbons (Fsp3) is 0.125. The third kappa shape index (κ3) is 1.26. The molecule has 0 aliphatic carbocycles. The van der Waals surface area contributed by atoms with Crippen molar-refractivity contribution in [3.8, 4) is 5.75 Å². The van der Waals surface area contributed by atoms with Crippen molar-refractivity contribution >= 4 is 0 Å². The number of hydrogen-bond donors (Lipinski definition) is 1. The van der Waals surface area contributed by atoms with Crippen molar-refractivity contribution in [3.05, 3.63) is 41.2 Å². The second-order valence-corrected chi connectivity index (χ2v) is 1.94. The predicted molar refractivity (Wildman–Crippen MR) is 38.4 cm³/mol. The summed E-state index contributed by atoms with van der Waals surface area (Å²) >= 11 is 0. The third-order valence-electron chi connectivity index (χ3n) is 1.24. The van der Waals surface area contributed by atoms with Crippen LogP contribution in [0.15, 0.2) is 24.3 Å². The molecule has 0 radical (unpaired) electrons. The molecule has 0 aliphatic heterocycles. The molecule has 0 saturated heterocycles. The topological polar surface area (TPSA) is 24.6 Å². The van der Waals surface area contributed by atoms with Crippen molar-refractivity contribution in [1.82, 2.24) is 0 Å². The molecule has 2 heteroatoms. The monoisotopic (exact) mass is 133 g/mol. The molecule has 0 fully saturated rings. The number of rotatable bonds is 1. The first kappa shape index (κ1) is 6.63. The molecule has 0 bridgehead atoms. The number of hydrogen-bond acceptors (Lipinski definition) is 1. The van der Waals surface area contributed by atoms with Gasteiger partial charge in [-0.25, -0.2) is 6.57 Å². The van der Waals surface area contributed by atoms with Crippen LogP contribution in [0.2, 0.25) is 0 Å². The molecule has 0 amide bonds. The van der Waals surface area contributed by atoms with Crippen LogP contribution in [0.5, 0.6) is 5.75 Å². The maximum atomic E-state index is 9.10. The van der Waals surface area contributed by atoms with Crippen LogP contribution in [-0.4, -0.2) is 5.11 Å². The number of nitrogens with zero attached hydrogens (tertiary/aromatic N) is 1. The van der Waals surface area contributed by atoms with Crippen LogP contribution in [0, 0.1) is 6.57 Å². The Labute approximate surface area is 59.6 Å². The zero-order valence-electron chi connectivity index (χ0n) is 5.41. The molecule has 1 aromatic rings. The number of benzene rings is 1. The molecular formula is C8H7NO. The smallest absolute Gasteiger partial charge is 0.243 e. The van der Waals surface area contributed by atoms with Crippen molar-refractivity contribution in [2.24, 2.45) is 0 Å². The Hall–Kier alpha value is -1.49. The number of aromatic hydroxyl groups is 1. The molecule has 0 spiro atoms. The summed E-state index contributed by atoms with van der Waals surface area (Å²) in [4.78, 5) is 3.16. The van der Waals surface area contributed by atoms with E-state index in [1.54, 1.807) is 24.3 Å². The second kappa shape index (κ2) is 2.88. The lowest BCUT2D eigenvalue weighted by molar-refractivity contribution is 0.469. The molecule has 1 rings (SSSR count). The van der Waals surface area contributed by atoms with Gasteiger partial charge in [-0.1, -0.05) is 12.1 Å². The third-order valence-corrected chi connectivity index (χ3v) is 1.24. The van der Waals surface area contributed by atoms with Crippen LogP contribution in [0.3, 0.4) is 0 Å². The molecule has 50 valence electrons. The summed E-state index contributed by atoms with van der Waals surface area (Å²) in [6, 6.07) is 6.87. The number of phenolic OH excluding ortho intramolecular Hbond substituents is 1. The summed E-state index contributed by atoms with van der Waals surface area (Å²) in [7, 11) is 0. The van der Waals surface area contributed by atoms with Gasteiger partial charge in [0, 0.05) is 0 Å². The SMILES string of the molecule is [C-]#[N+]Cc1ccccc1O. The molecular weight excluding hydrogens is 126 g/mol. The highest BCUT2D eigenvalue weighted by atomic mass is 16.3. The minimum Gasteiger partial charge on any atom is -0.507 e. The van der Waals surface area contributed by atoms with Gasteiger partial charge >= 0.3 is 0 Å². The summed E-state index contributed by atoms with van der Waals surface area (Å²) in [6.45, 7) is 6.81. The van der Waals surface area contributed by atoms with Gasteiger partial charge in [-0.05, 0) is 12.1 Å². The fourth-order valence-corrected chi connectivity index (χ4v) is 0.730. The summed E-state index contributed by atoms with van der Waals surface area (Å²) in [5, 5.41) is 9.10. The molecule has 0 aromatic heterocycles. The first-order valence-corrected chi connectivity index (χ1v) is 2.94. The Kier molecular flexibility index (Phi) is 1.91. The van der Waals surface area contributed by atoms with E-state index in [4.69, 9.17) is 11.7 Å². The van der Waals surface area contributed by atoms with Crippen molar-refractivity contribution < 1.29 is 5.11 Å². The van der Waals surface area contributed by atoms with Crippen molar-refractivity contribution in [1.29, 1.82) is 0 Å². The van der Waals surface area contributed by atoms with E-state index in [9.17, 15) is 0 Å². The van der Waals surface area contributed by atoms with Crippen molar-refractivity contribution in [3.63, 3.8) is 0 Å². The zero-order chi connectivity index (χ0) is 7.40. The fourth-order valence-electron chi connectivity index (χ4n) is 0.730. The van der Waals surface area contributed by atoms with E-state index in [0.29, 0.717) is 5.56 Å². The Morgan fingerprint density at radius 3 is 2.70 bits per heavy atom. The zero-order valence-corrected chi connectivity index (χ0v) is 5.41. The molecule has 0 heterocycles. The van der Waals surface area contributed by atoms with Gasteiger partial charge < -0.3 is 9.95 Å². The average Bonchev–Trinajstić information content (AvgIpc) is 1.94. The minimum atomic E-state index is 0.207. The highest BCUT2D eigenvalue weighted by Crippen LogP contribution is 2.15. The van der Waals surface area contributed by atoms with E-state index in [1.165, 1.54) is 0 Å². The highest BCUT2D eigenvalue weighted by molar-refractivity contribution is 5.32. The van der Waals surface area contributed by atoms with E-state index in [0.717, 1.165) is 0 Å². The quantitative estimate of drug-likeness (QED) is 0.580. The molecule has 2 nitrogen and oxygen atoms in total. The molecule has 0 saturated carbocycles. The largest absolute Gasteiger partial charge is 0.507 e. The number of phenols is 1. The second-order valence-electron chi connectivity index (χ2n) is 1.94. The minimum absolute atomic E-state index is 0.207. The molecule has 0 aliphatic rings. The van der Waals surface area contributed by atoms with Gasteiger partial charge in [0.2, 0.25) is 6.54 Å². The molecule has 0 unspecified atom stereocenters. The lowest BCUT2D eigenvalue weighted by Crippen LogP contribution is -1.77. The van der Waals surface area contributed by atoms with Crippen LogP contribution < -0.4 is 0 Å². The van der Waals surface area contributed by atoms with Gasteiger partial charge in [-0.15, -0.1) is 0 Å². The maximum absolute atomic E-state index is 9.10. The van der Waals surface area contributed by atoms with Crippen LogP contribution in [0.4, 0.5) is 0 Å². The Morgan fingerprint density at radius 2 is 2.10 bits per heavy atom.